The van der Waals surface area contributed by atoms with Crippen LogP contribution in [0.2, 0.25) is 0 Å². The lowest BCUT2D eigenvalue weighted by atomic mass is 10.1. The molecule has 1 aromatic heterocycles. The summed E-state index contributed by atoms with van der Waals surface area (Å²) in [5.74, 6) is 0.519. The molecule has 1 heterocycles. The van der Waals surface area contributed by atoms with Gasteiger partial charge in [0.05, 0.1) is 12.8 Å². The predicted molar refractivity (Wildman–Crippen MR) is 68.4 cm³/mol. The molecule has 0 spiro atoms. The summed E-state index contributed by atoms with van der Waals surface area (Å²) in [6, 6.07) is 11.7. The third-order valence-electron chi connectivity index (χ3n) is 2.37. The van der Waals surface area contributed by atoms with Crippen LogP contribution < -0.4 is 4.74 Å². The van der Waals surface area contributed by atoms with E-state index < -0.39 is 0 Å². The number of hydrogen-bond acceptors (Lipinski definition) is 3. The second kappa shape index (κ2) is 5.25. The third-order valence-corrected chi connectivity index (χ3v) is 2.37. The Morgan fingerprint density at radius 3 is 2.35 bits per heavy atom. The zero-order chi connectivity index (χ0) is 12.1. The van der Waals surface area contributed by atoms with Crippen molar-refractivity contribution >= 4 is 6.08 Å². The normalized spacial score (nSPS) is 10.7. The van der Waals surface area contributed by atoms with Gasteiger partial charge < -0.3 is 4.74 Å². The van der Waals surface area contributed by atoms with Crippen LogP contribution in [-0.4, -0.2) is 17.3 Å². The number of hydrogen-bond donors (Lipinski definition) is 0. The van der Waals surface area contributed by atoms with Crippen LogP contribution in [0.3, 0.4) is 0 Å². The summed E-state index contributed by atoms with van der Waals surface area (Å²) in [5.41, 5.74) is 2.97. The second-order valence-corrected chi connectivity index (χ2v) is 3.49. The minimum absolute atomic E-state index is 0.519. The molecule has 0 saturated heterocycles. The molecule has 0 amide bonds. The van der Waals surface area contributed by atoms with Crippen molar-refractivity contribution in [1.82, 2.24) is 10.2 Å². The van der Waals surface area contributed by atoms with Crippen LogP contribution in [0.25, 0.3) is 17.3 Å². The molecule has 3 nitrogen and oxygen atoms in total. The second-order valence-electron chi connectivity index (χ2n) is 3.49. The van der Waals surface area contributed by atoms with Crippen molar-refractivity contribution in [3.05, 3.63) is 55.0 Å². The fourth-order valence-corrected chi connectivity index (χ4v) is 1.48. The monoisotopic (exact) mass is 225 g/mol. The molecular weight excluding hydrogens is 212 g/mol. The van der Waals surface area contributed by atoms with E-state index in [1.165, 1.54) is 0 Å². The van der Waals surface area contributed by atoms with Gasteiger partial charge in [-0.25, -0.2) is 0 Å². The Morgan fingerprint density at radius 2 is 1.82 bits per heavy atom. The number of aromatic nitrogens is 2. The topological polar surface area (TPSA) is 35.0 Å². The summed E-state index contributed by atoms with van der Waals surface area (Å²) in [6.07, 6.45) is 3.71. The fraction of sp³-hybridized carbons (Fsp3) is 0.0714. The van der Waals surface area contributed by atoms with Crippen molar-refractivity contribution in [2.75, 3.05) is 7.11 Å². The number of nitrogens with zero attached hydrogens (tertiary/aromatic N) is 2. The highest BCUT2D eigenvalue weighted by Crippen LogP contribution is 2.18. The maximum atomic E-state index is 4.97. The minimum atomic E-state index is 0.519. The van der Waals surface area contributed by atoms with Gasteiger partial charge in [-0.3, -0.25) is 0 Å². The maximum absolute atomic E-state index is 4.97. The lowest BCUT2D eigenvalue weighted by molar-refractivity contribution is 0.392. The molecule has 0 unspecified atom stereocenters. The molecule has 1 aromatic carbocycles. The highest BCUT2D eigenvalue weighted by Gasteiger charge is 2.00. The maximum Gasteiger partial charge on any atom is 0.233 e. The first-order valence-corrected chi connectivity index (χ1v) is 5.27. The van der Waals surface area contributed by atoms with E-state index in [-0.39, 0.29) is 0 Å². The smallest absolute Gasteiger partial charge is 0.233 e. The van der Waals surface area contributed by atoms with Gasteiger partial charge in [0, 0.05) is 11.6 Å². The lowest BCUT2D eigenvalue weighted by Crippen LogP contribution is -1.91. The van der Waals surface area contributed by atoms with Crippen LogP contribution >= 0.6 is 0 Å². The first-order valence-electron chi connectivity index (χ1n) is 5.27. The van der Waals surface area contributed by atoms with Crippen molar-refractivity contribution < 1.29 is 4.74 Å². The van der Waals surface area contributed by atoms with Crippen LogP contribution in [-0.2, 0) is 0 Å². The van der Waals surface area contributed by atoms with E-state index in [4.69, 9.17) is 4.74 Å². The van der Waals surface area contributed by atoms with Gasteiger partial charge in [0.25, 0.3) is 0 Å². The highest BCUT2D eigenvalue weighted by atomic mass is 16.5. The zero-order valence-electron chi connectivity index (χ0n) is 9.63. The third kappa shape index (κ3) is 2.69. The van der Waals surface area contributed by atoms with E-state index in [0.29, 0.717) is 5.88 Å². The van der Waals surface area contributed by atoms with E-state index in [1.807, 2.05) is 36.4 Å². The minimum Gasteiger partial charge on any atom is -0.480 e. The number of methoxy groups -OCH3 is 1. The molecule has 0 aliphatic rings. The average Bonchev–Trinajstić information content (AvgIpc) is 2.40. The van der Waals surface area contributed by atoms with Crippen molar-refractivity contribution in [3.8, 4) is 17.1 Å². The molecule has 0 aliphatic carbocycles. The van der Waals surface area contributed by atoms with E-state index in [2.05, 4.69) is 17.1 Å². The van der Waals surface area contributed by atoms with Crippen LogP contribution in [0.4, 0.5) is 0 Å². The Balaban J connectivity index is 2.26. The summed E-state index contributed by atoms with van der Waals surface area (Å²) >= 11 is 0. The number of allylic oxidation sites excluding steroid dienone is 1. The van der Waals surface area contributed by atoms with Gasteiger partial charge in [0.15, 0.2) is 0 Å². The van der Waals surface area contributed by atoms with E-state index in [0.717, 1.165) is 16.8 Å². The molecule has 17 heavy (non-hydrogen) atoms. The zero-order valence-corrected chi connectivity index (χ0v) is 9.63. The fourth-order valence-electron chi connectivity index (χ4n) is 1.48. The molecule has 1 radical (unpaired) electrons. The van der Waals surface area contributed by atoms with E-state index in [1.54, 1.807) is 19.3 Å². The largest absolute Gasteiger partial charge is 0.480 e. The standard InChI is InChI=1S/C14H13N2O/c1-3-4-11-5-7-12(8-6-11)13-9-10-14(17-2)16-15-13/h3-10H,1H2,2H3/b4-3+. The predicted octanol–water partition coefficient (Wildman–Crippen LogP) is 3.00. The number of rotatable bonds is 3. The molecule has 2 rings (SSSR count). The van der Waals surface area contributed by atoms with Gasteiger partial charge in [-0.05, 0) is 18.6 Å². The Labute approximate surface area is 101 Å². The van der Waals surface area contributed by atoms with Gasteiger partial charge >= 0.3 is 0 Å². The SMILES string of the molecule is [CH2]/C=C/c1ccc(-c2ccc(OC)nn2)cc1. The van der Waals surface area contributed by atoms with Gasteiger partial charge in [-0.15, -0.1) is 10.2 Å². The molecule has 2 aromatic rings. The van der Waals surface area contributed by atoms with Gasteiger partial charge in [-0.1, -0.05) is 36.4 Å². The summed E-state index contributed by atoms with van der Waals surface area (Å²) < 4.78 is 4.97. The summed E-state index contributed by atoms with van der Waals surface area (Å²) in [6.45, 7) is 3.66. The van der Waals surface area contributed by atoms with Crippen molar-refractivity contribution in [3.63, 3.8) is 0 Å². The molecule has 0 N–H and O–H groups in total. The van der Waals surface area contributed by atoms with E-state index >= 15 is 0 Å². The first kappa shape index (κ1) is 11.3. The lowest BCUT2D eigenvalue weighted by Gasteiger charge is -2.02. The summed E-state index contributed by atoms with van der Waals surface area (Å²) in [4.78, 5) is 0. The summed E-state index contributed by atoms with van der Waals surface area (Å²) in [5, 5.41) is 8.03. The van der Waals surface area contributed by atoms with Crippen LogP contribution in [0.5, 0.6) is 5.88 Å². The van der Waals surface area contributed by atoms with E-state index in [9.17, 15) is 0 Å². The van der Waals surface area contributed by atoms with Gasteiger partial charge in [0.1, 0.15) is 0 Å². The molecular formula is C14H13N2O. The molecule has 0 aliphatic heterocycles. The molecule has 0 atom stereocenters. The van der Waals surface area contributed by atoms with Gasteiger partial charge in [0.2, 0.25) is 5.88 Å². The summed E-state index contributed by atoms with van der Waals surface area (Å²) in [7, 11) is 1.57. The van der Waals surface area contributed by atoms with Gasteiger partial charge in [-0.2, -0.15) is 0 Å². The highest BCUT2D eigenvalue weighted by molar-refractivity contribution is 5.62. The van der Waals surface area contributed by atoms with Crippen LogP contribution in [0, 0.1) is 6.92 Å². The molecule has 0 bridgehead atoms. The Hall–Kier alpha value is -2.16. The molecule has 85 valence electrons. The van der Waals surface area contributed by atoms with Crippen LogP contribution in [0.15, 0.2) is 42.5 Å². The Kier molecular flexibility index (Phi) is 3.50. The average molecular weight is 225 g/mol. The Bertz CT molecular complexity index is 501. The number of ether oxygens (including phenoxy) is 1. The van der Waals surface area contributed by atoms with Crippen molar-refractivity contribution in [2.24, 2.45) is 0 Å². The quantitative estimate of drug-likeness (QED) is 0.805. The molecule has 0 saturated carbocycles. The van der Waals surface area contributed by atoms with Crippen molar-refractivity contribution in [2.45, 2.75) is 0 Å². The molecule has 0 fully saturated rings. The number of benzene rings is 1. The molecule has 3 heteroatoms. The Morgan fingerprint density at radius 1 is 1.06 bits per heavy atom. The first-order chi connectivity index (χ1) is 8.33. The van der Waals surface area contributed by atoms with Crippen molar-refractivity contribution in [1.29, 1.82) is 0 Å². The van der Waals surface area contributed by atoms with Crippen LogP contribution in [0.1, 0.15) is 5.56 Å².